The Labute approximate surface area is 169 Å². The van der Waals surface area contributed by atoms with E-state index in [9.17, 15) is 8.78 Å². The number of aryl methyl sites for hydroxylation is 1. The molecule has 0 aliphatic rings. The number of benzene rings is 1. The smallest absolute Gasteiger partial charge is 0.0765 e. The molecule has 7 heteroatoms. The summed E-state index contributed by atoms with van der Waals surface area (Å²) in [5.41, 5.74) is 1.97. The molecule has 0 aliphatic carbocycles. The number of hydrogen-bond acceptors (Lipinski definition) is 3. The number of imidazole rings is 1. The van der Waals surface area contributed by atoms with Crippen LogP contribution < -0.4 is 0 Å². The first kappa shape index (κ1) is 20.6. The Balaban J connectivity index is 0.000000189. The molecule has 0 saturated carbocycles. The number of nitrogens with zero attached hydrogens (tertiary/aromatic N) is 4. The zero-order chi connectivity index (χ0) is 18.4. The summed E-state index contributed by atoms with van der Waals surface area (Å²) in [7, 11) is 0. The van der Waals surface area contributed by atoms with E-state index in [1.54, 1.807) is 35.2 Å². The Morgan fingerprint density at radius 2 is 1.70 bits per heavy atom. The van der Waals surface area contributed by atoms with Crippen LogP contribution in [0.25, 0.3) is 17.1 Å². The number of aromatic nitrogens is 4. The summed E-state index contributed by atoms with van der Waals surface area (Å²) >= 11 is 0. The number of rotatable bonds is 2. The minimum absolute atomic E-state index is 0. The quantitative estimate of drug-likeness (QED) is 0.358. The van der Waals surface area contributed by atoms with Crippen molar-refractivity contribution in [2.75, 3.05) is 0 Å². The van der Waals surface area contributed by atoms with E-state index in [0.717, 1.165) is 23.6 Å². The van der Waals surface area contributed by atoms with E-state index < -0.39 is 11.6 Å². The zero-order valence-electron chi connectivity index (χ0n) is 14.2. The van der Waals surface area contributed by atoms with Gasteiger partial charge in [0.2, 0.25) is 0 Å². The number of halogens is 2. The van der Waals surface area contributed by atoms with Crippen LogP contribution in [0.5, 0.6) is 0 Å². The van der Waals surface area contributed by atoms with Gasteiger partial charge < -0.3 is 14.5 Å². The predicted molar refractivity (Wildman–Crippen MR) is 93.4 cm³/mol. The van der Waals surface area contributed by atoms with Crippen LogP contribution in [0.3, 0.4) is 0 Å². The summed E-state index contributed by atoms with van der Waals surface area (Å²) in [6.07, 6.45) is 8.05. The molecule has 27 heavy (non-hydrogen) atoms. The van der Waals surface area contributed by atoms with Gasteiger partial charge in [-0.2, -0.15) is 0 Å². The van der Waals surface area contributed by atoms with Crippen LogP contribution in [0.4, 0.5) is 8.78 Å². The molecule has 0 N–H and O–H groups in total. The van der Waals surface area contributed by atoms with Gasteiger partial charge in [-0.3, -0.25) is 9.37 Å². The first-order chi connectivity index (χ1) is 12.6. The molecule has 0 saturated heterocycles. The fourth-order valence-electron chi connectivity index (χ4n) is 2.11. The maximum atomic E-state index is 12.8. The van der Waals surface area contributed by atoms with Gasteiger partial charge in [-0.25, -0.2) is 4.39 Å². The molecule has 0 bridgehead atoms. The van der Waals surface area contributed by atoms with Gasteiger partial charge in [0.15, 0.2) is 0 Å². The zero-order valence-corrected chi connectivity index (χ0v) is 16.6. The molecule has 0 unspecified atom stereocenters. The normalized spacial score (nSPS) is 9.74. The summed E-state index contributed by atoms with van der Waals surface area (Å²) in [6.45, 7) is 1.93. The van der Waals surface area contributed by atoms with E-state index in [1.165, 1.54) is 0 Å². The fourth-order valence-corrected chi connectivity index (χ4v) is 2.11. The van der Waals surface area contributed by atoms with Crippen molar-refractivity contribution in [1.29, 1.82) is 0 Å². The second-order valence-electron chi connectivity index (χ2n) is 5.30. The third kappa shape index (κ3) is 5.61. The molecule has 4 nitrogen and oxygen atoms in total. The van der Waals surface area contributed by atoms with Crippen molar-refractivity contribution >= 4 is 0 Å². The largest absolute Gasteiger partial charge is 0.418 e. The van der Waals surface area contributed by atoms with Gasteiger partial charge in [-0.1, -0.05) is 43.1 Å². The summed E-state index contributed by atoms with van der Waals surface area (Å²) < 4.78 is 27.2. The van der Waals surface area contributed by atoms with Gasteiger partial charge >= 0.3 is 0 Å². The topological polar surface area (TPSA) is 43.6 Å². The average molecular weight is 541 g/mol. The molecule has 3 heterocycles. The van der Waals surface area contributed by atoms with Gasteiger partial charge in [-0.15, -0.1) is 23.8 Å². The van der Waals surface area contributed by atoms with Crippen molar-refractivity contribution in [3.05, 3.63) is 96.8 Å². The van der Waals surface area contributed by atoms with Crippen molar-refractivity contribution in [1.82, 2.24) is 19.5 Å². The van der Waals surface area contributed by atoms with Gasteiger partial charge in [0.1, 0.15) is 0 Å². The third-order valence-corrected chi connectivity index (χ3v) is 3.34. The Kier molecular flexibility index (Phi) is 7.46. The average Bonchev–Trinajstić information content (AvgIpc) is 3.12. The molecule has 0 atom stereocenters. The third-order valence-electron chi connectivity index (χ3n) is 3.34. The standard InChI is InChI=1S/C11H6F2N.C9H8N3.Ir/c12-9-5-4-8(7-10(9)13)11-3-1-2-6-14-11;1-8-6-12(7-11-8)9-4-2-3-5-10-9;/h1-3,5-7H;2-6H,1H3;/q2*-1;. The second kappa shape index (κ2) is 9.80. The Hall–Kier alpha value is -2.76. The first-order valence-electron chi connectivity index (χ1n) is 7.76. The molecule has 4 rings (SSSR count). The van der Waals surface area contributed by atoms with Crippen LogP contribution in [0.1, 0.15) is 5.69 Å². The van der Waals surface area contributed by atoms with Crippen LogP contribution in [-0.4, -0.2) is 19.5 Å². The van der Waals surface area contributed by atoms with E-state index in [4.69, 9.17) is 0 Å². The predicted octanol–water partition coefficient (Wildman–Crippen LogP) is 4.20. The van der Waals surface area contributed by atoms with E-state index in [-0.39, 0.29) is 20.1 Å². The Bertz CT molecular complexity index is 976. The molecule has 1 aromatic carbocycles. The van der Waals surface area contributed by atoms with Gasteiger partial charge in [-0.05, 0) is 17.8 Å². The second-order valence-corrected chi connectivity index (χ2v) is 5.30. The summed E-state index contributed by atoms with van der Waals surface area (Å²) in [4.78, 5) is 12.1. The molecule has 1 radical (unpaired) electrons. The summed E-state index contributed by atoms with van der Waals surface area (Å²) in [5.74, 6) is -0.938. The fraction of sp³-hybridized carbons (Fsp3) is 0.0500. The van der Waals surface area contributed by atoms with E-state index in [0.29, 0.717) is 11.3 Å². The van der Waals surface area contributed by atoms with Crippen molar-refractivity contribution in [2.45, 2.75) is 6.92 Å². The Morgan fingerprint density at radius 1 is 0.963 bits per heavy atom. The molecule has 0 fully saturated rings. The van der Waals surface area contributed by atoms with Crippen LogP contribution >= 0.6 is 0 Å². The summed E-state index contributed by atoms with van der Waals surface area (Å²) in [6, 6.07) is 15.6. The molecular weight excluding hydrogens is 526 g/mol. The van der Waals surface area contributed by atoms with Gasteiger partial charge in [0.25, 0.3) is 0 Å². The van der Waals surface area contributed by atoms with Gasteiger partial charge in [0, 0.05) is 38.8 Å². The molecule has 3 aromatic heterocycles. The minimum Gasteiger partial charge on any atom is -0.418 e. The van der Waals surface area contributed by atoms with E-state index in [2.05, 4.69) is 27.3 Å². The van der Waals surface area contributed by atoms with Gasteiger partial charge in [0.05, 0.1) is 17.5 Å². The van der Waals surface area contributed by atoms with Crippen LogP contribution in [0.15, 0.2) is 67.1 Å². The summed E-state index contributed by atoms with van der Waals surface area (Å²) in [5, 5.41) is 0. The molecule has 0 spiro atoms. The SMILES string of the molecule is Cc1cn(-c2ccccn2)[c-]n1.Fc1c[c-]c(-c2ccccn2)cc1F.[Ir]. The van der Waals surface area contributed by atoms with Crippen molar-refractivity contribution < 1.29 is 28.9 Å². The maximum Gasteiger partial charge on any atom is 0.0765 e. The maximum absolute atomic E-state index is 12.8. The number of pyridine rings is 2. The van der Waals surface area contributed by atoms with E-state index in [1.807, 2.05) is 31.3 Å². The monoisotopic (exact) mass is 541 g/mol. The minimum atomic E-state index is -0.898. The van der Waals surface area contributed by atoms with Crippen molar-refractivity contribution in [3.8, 4) is 17.1 Å². The van der Waals surface area contributed by atoms with Crippen LogP contribution in [0, 0.1) is 31.0 Å². The van der Waals surface area contributed by atoms with Crippen molar-refractivity contribution in [2.24, 2.45) is 0 Å². The van der Waals surface area contributed by atoms with Crippen molar-refractivity contribution in [3.63, 3.8) is 0 Å². The Morgan fingerprint density at radius 3 is 2.26 bits per heavy atom. The molecular formula is C20H14F2IrN4-2. The molecule has 4 aromatic rings. The molecule has 0 amide bonds. The molecule has 0 aliphatic heterocycles. The van der Waals surface area contributed by atoms with Crippen LogP contribution in [0.2, 0.25) is 0 Å². The number of hydrogen-bond donors (Lipinski definition) is 0. The first-order valence-corrected chi connectivity index (χ1v) is 7.76. The van der Waals surface area contributed by atoms with E-state index >= 15 is 0 Å². The molecule has 139 valence electrons. The van der Waals surface area contributed by atoms with Crippen LogP contribution in [-0.2, 0) is 20.1 Å².